The van der Waals surface area contributed by atoms with E-state index in [1.807, 2.05) is 18.7 Å². The Bertz CT molecular complexity index is 1180. The number of nitrogens with zero attached hydrogens (tertiary/aromatic N) is 3. The van der Waals surface area contributed by atoms with Gasteiger partial charge in [-0.2, -0.15) is 4.39 Å². The molecule has 2 atom stereocenters. The van der Waals surface area contributed by atoms with E-state index in [-0.39, 0.29) is 5.75 Å². The summed E-state index contributed by atoms with van der Waals surface area (Å²) in [5.41, 5.74) is 0.798. The lowest BCUT2D eigenvalue weighted by molar-refractivity contribution is -0.158. The molecule has 3 heterocycles. The molecule has 6 nitrogen and oxygen atoms in total. The van der Waals surface area contributed by atoms with E-state index in [9.17, 15) is 9.90 Å². The molecule has 3 fully saturated rings. The first kappa shape index (κ1) is 26.5. The maximum atomic E-state index is 15.6. The Hall–Kier alpha value is -2.09. The van der Waals surface area contributed by atoms with Crippen LogP contribution in [0.5, 0.6) is 5.75 Å². The van der Waals surface area contributed by atoms with E-state index in [0.29, 0.717) is 39.3 Å². The van der Waals surface area contributed by atoms with Crippen LogP contribution in [0.2, 0.25) is 10.0 Å². The lowest BCUT2D eigenvalue weighted by Crippen LogP contribution is -2.58. The minimum Gasteiger partial charge on any atom is -0.482 e. The molecule has 3 aliphatic rings. The first-order valence-corrected chi connectivity index (χ1v) is 13.8. The molecule has 2 aliphatic heterocycles. The number of hydrogen-bond donors (Lipinski definition) is 1. The largest absolute Gasteiger partial charge is 0.482 e. The Morgan fingerprint density at radius 3 is 2.65 bits per heavy atom. The van der Waals surface area contributed by atoms with E-state index in [2.05, 4.69) is 9.88 Å². The summed E-state index contributed by atoms with van der Waals surface area (Å²) >= 11 is 12.3. The van der Waals surface area contributed by atoms with Crippen molar-refractivity contribution in [2.24, 2.45) is 17.3 Å². The number of carboxylic acids is 1. The molecule has 0 spiro atoms. The van der Waals surface area contributed by atoms with Crippen molar-refractivity contribution < 1.29 is 19.0 Å². The van der Waals surface area contributed by atoms with Gasteiger partial charge in [0.1, 0.15) is 6.10 Å². The van der Waals surface area contributed by atoms with E-state index in [1.54, 1.807) is 31.3 Å². The third-order valence-corrected chi connectivity index (χ3v) is 9.16. The van der Waals surface area contributed by atoms with Crippen molar-refractivity contribution in [1.82, 2.24) is 9.88 Å². The third-order valence-electron chi connectivity index (χ3n) is 8.60. The highest BCUT2D eigenvalue weighted by Crippen LogP contribution is 2.46. The van der Waals surface area contributed by atoms with Crippen LogP contribution < -0.4 is 9.64 Å². The molecule has 37 heavy (non-hydrogen) atoms. The number of carboxylic acid groups (broad SMARTS) is 1. The number of rotatable bonds is 7. The summed E-state index contributed by atoms with van der Waals surface area (Å²) in [5, 5.41) is 10.5. The number of carbonyl (C=O) groups is 1. The fourth-order valence-electron chi connectivity index (χ4n) is 6.14. The van der Waals surface area contributed by atoms with Gasteiger partial charge < -0.3 is 19.6 Å². The van der Waals surface area contributed by atoms with Crippen LogP contribution >= 0.6 is 23.2 Å². The fourth-order valence-corrected chi connectivity index (χ4v) is 6.70. The number of pyridine rings is 1. The number of ether oxygens (including phenoxy) is 1. The number of anilines is 1. The van der Waals surface area contributed by atoms with Gasteiger partial charge in [0.05, 0.1) is 5.41 Å². The third kappa shape index (κ3) is 5.15. The molecule has 5 rings (SSSR count). The molecule has 9 heteroatoms. The topological polar surface area (TPSA) is 65.9 Å². The predicted molar refractivity (Wildman–Crippen MR) is 143 cm³/mol. The molecule has 0 bridgehead atoms. The van der Waals surface area contributed by atoms with Gasteiger partial charge >= 0.3 is 5.97 Å². The lowest BCUT2D eigenvalue weighted by atomic mass is 9.65. The molecule has 0 unspecified atom stereocenters. The summed E-state index contributed by atoms with van der Waals surface area (Å²) in [4.78, 5) is 20.4. The van der Waals surface area contributed by atoms with Gasteiger partial charge in [-0.05, 0) is 77.0 Å². The first-order chi connectivity index (χ1) is 17.6. The summed E-state index contributed by atoms with van der Waals surface area (Å²) in [6, 6.07) is 5.56. The minimum atomic E-state index is -0.687. The van der Waals surface area contributed by atoms with E-state index >= 15 is 4.39 Å². The van der Waals surface area contributed by atoms with Crippen LogP contribution in [0.4, 0.5) is 10.2 Å². The van der Waals surface area contributed by atoms with Crippen molar-refractivity contribution in [3.63, 3.8) is 0 Å². The molecule has 2 saturated heterocycles. The van der Waals surface area contributed by atoms with Crippen LogP contribution in [-0.4, -0.2) is 53.2 Å². The Labute approximate surface area is 227 Å². The van der Waals surface area contributed by atoms with E-state index in [4.69, 9.17) is 27.9 Å². The normalized spacial score (nSPS) is 27.4. The number of aliphatic carboxylic acids is 1. The Kier molecular flexibility index (Phi) is 7.33. The number of aromatic nitrogens is 1. The van der Waals surface area contributed by atoms with E-state index in [0.717, 1.165) is 57.4 Å². The van der Waals surface area contributed by atoms with Crippen LogP contribution in [0.25, 0.3) is 0 Å². The molecule has 1 aromatic carbocycles. The highest BCUT2D eigenvalue weighted by Gasteiger charge is 2.49. The Balaban J connectivity index is 1.21. The van der Waals surface area contributed by atoms with Crippen molar-refractivity contribution in [3.8, 4) is 5.75 Å². The average molecular weight is 551 g/mol. The standard InChI is InChI=1S/C28H34Cl2FN3O3/c1-16-12-32-26(24(31)25(16)37-17(2)22-7-6-20(29)9-23(22)30)34-14-19(15-34)18-5-4-8-33(13-18)21-10-28(3,11-21)27(35)36/h6-7,9,12,17-19,21H,4-5,8,10-11,13-15H2,1-3H3,(H,35,36)/t17-,18+,21?,28?/m1/s1. The molecule has 1 aliphatic carbocycles. The zero-order valence-electron chi connectivity index (χ0n) is 21.5. The average Bonchev–Trinajstić information content (AvgIpc) is 2.80. The quantitative estimate of drug-likeness (QED) is 0.432. The molecule has 1 N–H and O–H groups in total. The second kappa shape index (κ2) is 10.2. The highest BCUT2D eigenvalue weighted by molar-refractivity contribution is 6.35. The Morgan fingerprint density at radius 1 is 1.24 bits per heavy atom. The minimum absolute atomic E-state index is 0.197. The summed E-state index contributed by atoms with van der Waals surface area (Å²) in [5.74, 6) is 0.416. The fraction of sp³-hybridized carbons (Fsp3) is 0.571. The number of benzene rings is 1. The van der Waals surface area contributed by atoms with Crippen molar-refractivity contribution in [3.05, 3.63) is 51.4 Å². The molecular weight excluding hydrogens is 516 g/mol. The molecule has 0 radical (unpaired) electrons. The second-order valence-electron chi connectivity index (χ2n) is 11.3. The highest BCUT2D eigenvalue weighted by atomic mass is 35.5. The number of aryl methyl sites for hydroxylation is 1. The van der Waals surface area contributed by atoms with E-state index in [1.165, 1.54) is 0 Å². The maximum Gasteiger partial charge on any atom is 0.309 e. The van der Waals surface area contributed by atoms with Crippen molar-refractivity contribution in [2.45, 2.75) is 58.6 Å². The van der Waals surface area contributed by atoms with Crippen LogP contribution in [0, 0.1) is 30.0 Å². The lowest BCUT2D eigenvalue weighted by Gasteiger charge is -2.52. The summed E-state index contributed by atoms with van der Waals surface area (Å²) in [7, 11) is 0. The van der Waals surface area contributed by atoms with Crippen molar-refractivity contribution in [1.29, 1.82) is 0 Å². The molecule has 1 aromatic heterocycles. The number of likely N-dealkylation sites (tertiary alicyclic amines) is 1. The van der Waals surface area contributed by atoms with Gasteiger partial charge in [0, 0.05) is 53.0 Å². The molecule has 1 saturated carbocycles. The van der Waals surface area contributed by atoms with Crippen LogP contribution in [-0.2, 0) is 4.79 Å². The van der Waals surface area contributed by atoms with E-state index < -0.39 is 23.3 Å². The second-order valence-corrected chi connectivity index (χ2v) is 12.2. The Morgan fingerprint density at radius 2 is 1.97 bits per heavy atom. The molecule has 200 valence electrons. The van der Waals surface area contributed by atoms with Crippen LogP contribution in [0.1, 0.15) is 56.8 Å². The van der Waals surface area contributed by atoms with Gasteiger partial charge in [0.2, 0.25) is 5.82 Å². The van der Waals surface area contributed by atoms with Gasteiger partial charge in [-0.15, -0.1) is 0 Å². The monoisotopic (exact) mass is 549 g/mol. The summed E-state index contributed by atoms with van der Waals surface area (Å²) < 4.78 is 21.7. The smallest absolute Gasteiger partial charge is 0.309 e. The summed E-state index contributed by atoms with van der Waals surface area (Å²) in [6.45, 7) is 9.04. The van der Waals surface area contributed by atoms with Crippen LogP contribution in [0.3, 0.4) is 0 Å². The number of hydrogen-bond acceptors (Lipinski definition) is 5. The van der Waals surface area contributed by atoms with Gasteiger partial charge in [0.25, 0.3) is 0 Å². The number of halogens is 3. The zero-order valence-corrected chi connectivity index (χ0v) is 23.0. The van der Waals surface area contributed by atoms with Crippen molar-refractivity contribution in [2.75, 3.05) is 31.1 Å². The van der Waals surface area contributed by atoms with Gasteiger partial charge in [-0.1, -0.05) is 29.3 Å². The van der Waals surface area contributed by atoms with Gasteiger partial charge in [-0.25, -0.2) is 4.98 Å². The molecule has 2 aromatic rings. The van der Waals surface area contributed by atoms with Gasteiger partial charge in [-0.3, -0.25) is 4.79 Å². The first-order valence-electron chi connectivity index (χ1n) is 13.0. The zero-order chi connectivity index (χ0) is 26.5. The molecular formula is C28H34Cl2FN3O3. The van der Waals surface area contributed by atoms with Crippen LogP contribution in [0.15, 0.2) is 24.4 Å². The van der Waals surface area contributed by atoms with Crippen molar-refractivity contribution >= 4 is 35.0 Å². The number of piperidine rings is 1. The SMILES string of the molecule is Cc1cnc(N2CC([C@H]3CCCN(C4CC(C)(C(=O)O)C4)C3)C2)c(F)c1O[C@H](C)c1ccc(Cl)cc1Cl. The maximum absolute atomic E-state index is 15.6. The van der Waals surface area contributed by atoms with Gasteiger partial charge in [0.15, 0.2) is 11.6 Å². The molecule has 0 amide bonds. The predicted octanol–water partition coefficient (Wildman–Crippen LogP) is 6.38. The summed E-state index contributed by atoms with van der Waals surface area (Å²) in [6.07, 6.45) is 4.95.